The van der Waals surface area contributed by atoms with Crippen LogP contribution >= 0.6 is 0 Å². The highest BCUT2D eigenvalue weighted by molar-refractivity contribution is 5.93. The summed E-state index contributed by atoms with van der Waals surface area (Å²) >= 11 is 0. The lowest BCUT2D eigenvalue weighted by Crippen LogP contribution is -2.27. The monoisotopic (exact) mass is 347 g/mol. The molecule has 0 aliphatic heterocycles. The fraction of sp³-hybridized carbons (Fsp3) is 0.444. The lowest BCUT2D eigenvalue weighted by molar-refractivity contribution is -0.113. The van der Waals surface area contributed by atoms with Crippen molar-refractivity contribution in [2.24, 2.45) is 10.2 Å². The van der Waals surface area contributed by atoms with Gasteiger partial charge in [0.25, 0.3) is 0 Å². The molecule has 0 saturated carbocycles. The van der Waals surface area contributed by atoms with Gasteiger partial charge in [-0.2, -0.15) is 5.11 Å². The first-order chi connectivity index (χ1) is 11.9. The fourth-order valence-electron chi connectivity index (χ4n) is 2.06. The summed E-state index contributed by atoms with van der Waals surface area (Å²) in [6.07, 6.45) is 0. The Labute approximate surface area is 148 Å². The third kappa shape index (κ3) is 6.84. The number of likely N-dealkylation sites (N-methyl/N-ethyl adjacent to an activating group) is 1. The highest BCUT2D eigenvalue weighted by Gasteiger charge is 2.09. The standard InChI is InChI=1S/C18H25N3O4/c1-5-21(6-2)11-12-25-18(24)15-7-9-16(10-8-15)19-20-17(13(3)22)14(4)23/h7-10,22H,5-6,11-12H2,1-4H3. The molecule has 1 rings (SSSR count). The number of esters is 1. The van der Waals surface area contributed by atoms with Crippen molar-refractivity contribution in [2.45, 2.75) is 27.7 Å². The minimum atomic E-state index is -0.397. The van der Waals surface area contributed by atoms with Crippen LogP contribution in [0, 0.1) is 0 Å². The molecule has 0 aromatic heterocycles. The average Bonchev–Trinajstić information content (AvgIpc) is 2.58. The highest BCUT2D eigenvalue weighted by atomic mass is 16.5. The minimum Gasteiger partial charge on any atom is -0.510 e. The van der Waals surface area contributed by atoms with Gasteiger partial charge >= 0.3 is 5.97 Å². The SMILES string of the molecule is CCN(CC)CCOC(=O)c1ccc(N=NC(C(C)=O)=C(C)O)cc1. The summed E-state index contributed by atoms with van der Waals surface area (Å²) in [6.45, 7) is 9.65. The number of aliphatic hydroxyl groups is 1. The Morgan fingerprint density at radius 1 is 1.12 bits per heavy atom. The zero-order chi connectivity index (χ0) is 18.8. The van der Waals surface area contributed by atoms with Crippen molar-refractivity contribution in [1.29, 1.82) is 0 Å². The molecule has 0 aliphatic rings. The molecule has 1 N–H and O–H groups in total. The van der Waals surface area contributed by atoms with Crippen molar-refractivity contribution in [2.75, 3.05) is 26.2 Å². The van der Waals surface area contributed by atoms with E-state index in [0.717, 1.165) is 13.1 Å². The van der Waals surface area contributed by atoms with Gasteiger partial charge in [0.2, 0.25) is 0 Å². The molecule has 1 aromatic rings. The quantitative estimate of drug-likeness (QED) is 0.319. The zero-order valence-electron chi connectivity index (χ0n) is 15.2. The van der Waals surface area contributed by atoms with Gasteiger partial charge < -0.3 is 14.7 Å². The second-order valence-corrected chi connectivity index (χ2v) is 5.40. The lowest BCUT2D eigenvalue weighted by Gasteiger charge is -2.17. The van der Waals surface area contributed by atoms with Crippen molar-refractivity contribution in [3.8, 4) is 0 Å². The van der Waals surface area contributed by atoms with E-state index in [9.17, 15) is 14.7 Å². The lowest BCUT2D eigenvalue weighted by atomic mass is 10.2. The number of azo groups is 1. The van der Waals surface area contributed by atoms with Crippen LogP contribution in [0.15, 0.2) is 46.0 Å². The van der Waals surface area contributed by atoms with Crippen LogP contribution < -0.4 is 0 Å². The Bertz CT molecular complexity index is 643. The second kappa shape index (κ2) is 10.4. The Hall–Kier alpha value is -2.54. The van der Waals surface area contributed by atoms with Gasteiger partial charge in [0.1, 0.15) is 12.4 Å². The number of carbonyl (C=O) groups excluding carboxylic acids is 2. The first kappa shape index (κ1) is 20.5. The Morgan fingerprint density at radius 2 is 1.72 bits per heavy atom. The van der Waals surface area contributed by atoms with Crippen LogP contribution in [0.3, 0.4) is 0 Å². The number of benzene rings is 1. The molecule has 0 fully saturated rings. The van der Waals surface area contributed by atoms with Crippen molar-refractivity contribution < 1.29 is 19.4 Å². The van der Waals surface area contributed by atoms with E-state index < -0.39 is 5.97 Å². The molecule has 0 saturated heterocycles. The fourth-order valence-corrected chi connectivity index (χ4v) is 2.06. The van der Waals surface area contributed by atoms with E-state index in [2.05, 4.69) is 29.0 Å². The summed E-state index contributed by atoms with van der Waals surface area (Å²) in [7, 11) is 0. The Kier molecular flexibility index (Phi) is 8.49. The number of Topliss-reactive ketones (excluding diaryl/α,β-unsaturated/α-hetero) is 1. The van der Waals surface area contributed by atoms with E-state index in [1.165, 1.54) is 13.8 Å². The van der Waals surface area contributed by atoms with Crippen LogP contribution in [0.25, 0.3) is 0 Å². The highest BCUT2D eigenvalue weighted by Crippen LogP contribution is 2.16. The van der Waals surface area contributed by atoms with Gasteiger partial charge in [0.15, 0.2) is 11.5 Å². The normalized spacial score (nSPS) is 12.4. The van der Waals surface area contributed by atoms with Gasteiger partial charge in [0, 0.05) is 13.5 Å². The van der Waals surface area contributed by atoms with Crippen LogP contribution in [0.4, 0.5) is 5.69 Å². The number of rotatable bonds is 9. The van der Waals surface area contributed by atoms with Crippen molar-refractivity contribution in [3.05, 3.63) is 41.3 Å². The number of ether oxygens (including phenoxy) is 1. The summed E-state index contributed by atoms with van der Waals surface area (Å²) in [5.41, 5.74) is 0.777. The topological polar surface area (TPSA) is 91.6 Å². The molecule has 0 atom stereocenters. The summed E-state index contributed by atoms with van der Waals surface area (Å²) < 4.78 is 5.24. The first-order valence-corrected chi connectivity index (χ1v) is 8.21. The number of aliphatic hydroxyl groups excluding tert-OH is 1. The molecule has 136 valence electrons. The molecule has 0 heterocycles. The molecule has 7 heteroatoms. The van der Waals surface area contributed by atoms with Gasteiger partial charge in [-0.15, -0.1) is 5.11 Å². The third-order valence-corrected chi connectivity index (χ3v) is 3.58. The van der Waals surface area contributed by atoms with Crippen LogP contribution in [0.5, 0.6) is 0 Å². The molecular formula is C18H25N3O4. The molecule has 0 spiro atoms. The van der Waals surface area contributed by atoms with Crippen molar-refractivity contribution >= 4 is 17.4 Å². The van der Waals surface area contributed by atoms with Gasteiger partial charge in [-0.3, -0.25) is 4.79 Å². The van der Waals surface area contributed by atoms with Crippen LogP contribution in [-0.4, -0.2) is 48.0 Å². The van der Waals surface area contributed by atoms with E-state index in [4.69, 9.17) is 4.74 Å². The number of nitrogens with zero attached hydrogens (tertiary/aromatic N) is 3. The second-order valence-electron chi connectivity index (χ2n) is 5.40. The summed E-state index contributed by atoms with van der Waals surface area (Å²) in [4.78, 5) is 25.5. The van der Waals surface area contributed by atoms with Crippen LogP contribution in [0.1, 0.15) is 38.1 Å². The molecule has 0 unspecified atom stereocenters. The van der Waals surface area contributed by atoms with Crippen LogP contribution in [0.2, 0.25) is 0 Å². The zero-order valence-corrected chi connectivity index (χ0v) is 15.2. The maximum atomic E-state index is 12.0. The molecule has 0 amide bonds. The largest absolute Gasteiger partial charge is 0.510 e. The minimum absolute atomic E-state index is 0.0973. The smallest absolute Gasteiger partial charge is 0.338 e. The first-order valence-electron chi connectivity index (χ1n) is 8.21. The molecule has 0 radical (unpaired) electrons. The Morgan fingerprint density at radius 3 is 2.20 bits per heavy atom. The average molecular weight is 347 g/mol. The summed E-state index contributed by atoms with van der Waals surface area (Å²) in [5, 5.41) is 17.0. The van der Waals surface area contributed by atoms with E-state index in [1.807, 2.05) is 0 Å². The number of allylic oxidation sites excluding steroid dienone is 2. The van der Waals surface area contributed by atoms with Gasteiger partial charge in [0.05, 0.1) is 11.3 Å². The molecular weight excluding hydrogens is 322 g/mol. The predicted molar refractivity (Wildman–Crippen MR) is 95.0 cm³/mol. The number of ketones is 1. The molecule has 0 aliphatic carbocycles. The summed E-state index contributed by atoms with van der Waals surface area (Å²) in [5.74, 6) is -0.965. The van der Waals surface area contributed by atoms with Gasteiger partial charge in [-0.05, 0) is 44.3 Å². The number of hydrogen-bond donors (Lipinski definition) is 1. The number of hydrogen-bond acceptors (Lipinski definition) is 7. The molecule has 25 heavy (non-hydrogen) atoms. The maximum Gasteiger partial charge on any atom is 0.338 e. The van der Waals surface area contributed by atoms with E-state index in [0.29, 0.717) is 24.4 Å². The predicted octanol–water partition coefficient (Wildman–Crippen LogP) is 3.65. The molecule has 7 nitrogen and oxygen atoms in total. The van der Waals surface area contributed by atoms with E-state index >= 15 is 0 Å². The Balaban J connectivity index is 2.65. The maximum absolute atomic E-state index is 12.0. The van der Waals surface area contributed by atoms with E-state index in [1.54, 1.807) is 24.3 Å². The summed E-state index contributed by atoms with van der Waals surface area (Å²) in [6, 6.07) is 6.35. The number of carbonyl (C=O) groups is 2. The third-order valence-electron chi connectivity index (χ3n) is 3.58. The van der Waals surface area contributed by atoms with Gasteiger partial charge in [-0.25, -0.2) is 4.79 Å². The van der Waals surface area contributed by atoms with E-state index in [-0.39, 0.29) is 17.2 Å². The molecule has 0 bridgehead atoms. The van der Waals surface area contributed by atoms with Crippen LogP contribution in [-0.2, 0) is 9.53 Å². The van der Waals surface area contributed by atoms with Crippen molar-refractivity contribution in [3.63, 3.8) is 0 Å². The molecule has 1 aromatic carbocycles. The van der Waals surface area contributed by atoms with Crippen molar-refractivity contribution in [1.82, 2.24) is 4.90 Å². The van der Waals surface area contributed by atoms with Gasteiger partial charge in [-0.1, -0.05) is 13.8 Å².